The Balaban J connectivity index is 2.23. The van der Waals surface area contributed by atoms with Crippen molar-refractivity contribution >= 4 is 5.84 Å². The highest BCUT2D eigenvalue weighted by Gasteiger charge is 1.96. The molecule has 0 saturated carbocycles. The van der Waals surface area contributed by atoms with Crippen LogP contribution in [0, 0.1) is 5.92 Å². The third kappa shape index (κ3) is 5.51. The van der Waals surface area contributed by atoms with Gasteiger partial charge in [0.05, 0.1) is 6.61 Å². The van der Waals surface area contributed by atoms with Crippen LogP contribution in [0.25, 0.3) is 0 Å². The number of ether oxygens (including phenoxy) is 1. The second kappa shape index (κ2) is 7.01. The lowest BCUT2D eigenvalue weighted by Gasteiger charge is -2.05. The summed E-state index contributed by atoms with van der Waals surface area (Å²) in [5.74, 6) is 1.11. The molecule has 88 valence electrons. The van der Waals surface area contributed by atoms with Crippen LogP contribution in [-0.2, 0) is 11.3 Å². The number of amidine groups is 1. The third-order valence-corrected chi connectivity index (χ3v) is 2.02. The molecule has 0 atom stereocenters. The molecule has 0 unspecified atom stereocenters. The summed E-state index contributed by atoms with van der Waals surface area (Å²) < 4.78 is 5.46. The molecule has 0 aromatic heterocycles. The summed E-state index contributed by atoms with van der Waals surface area (Å²) in [5, 5.41) is 0. The monoisotopic (exact) mass is 220 g/mol. The lowest BCUT2D eigenvalue weighted by Crippen LogP contribution is -2.20. The highest BCUT2D eigenvalue weighted by atomic mass is 16.5. The van der Waals surface area contributed by atoms with Gasteiger partial charge in [0.25, 0.3) is 0 Å². The Kier molecular flexibility index (Phi) is 5.57. The Morgan fingerprint density at radius 2 is 2.00 bits per heavy atom. The molecule has 0 fully saturated rings. The van der Waals surface area contributed by atoms with Gasteiger partial charge in [-0.3, -0.25) is 4.99 Å². The standard InChI is InChI=1S/C13H20N2O/c1-11(2)8-15-13(14)10-16-9-12-6-4-3-5-7-12/h3-7,11H,8-10H2,1-2H3,(H2,14,15). The van der Waals surface area contributed by atoms with E-state index in [2.05, 4.69) is 18.8 Å². The van der Waals surface area contributed by atoms with Crippen molar-refractivity contribution in [1.29, 1.82) is 0 Å². The van der Waals surface area contributed by atoms with Crippen molar-refractivity contribution in [3.63, 3.8) is 0 Å². The van der Waals surface area contributed by atoms with Gasteiger partial charge in [0.1, 0.15) is 12.4 Å². The van der Waals surface area contributed by atoms with Crippen molar-refractivity contribution in [3.8, 4) is 0 Å². The number of rotatable bonds is 6. The zero-order valence-electron chi connectivity index (χ0n) is 10.0. The van der Waals surface area contributed by atoms with E-state index < -0.39 is 0 Å². The fourth-order valence-corrected chi connectivity index (χ4v) is 1.19. The molecule has 0 saturated heterocycles. The molecule has 1 aromatic carbocycles. The maximum atomic E-state index is 5.71. The van der Waals surface area contributed by atoms with E-state index in [1.54, 1.807) is 0 Å². The van der Waals surface area contributed by atoms with Crippen LogP contribution in [0.3, 0.4) is 0 Å². The highest BCUT2D eigenvalue weighted by molar-refractivity contribution is 5.81. The molecule has 0 aliphatic heterocycles. The van der Waals surface area contributed by atoms with Gasteiger partial charge in [-0.25, -0.2) is 0 Å². The van der Waals surface area contributed by atoms with E-state index in [-0.39, 0.29) is 0 Å². The summed E-state index contributed by atoms with van der Waals surface area (Å²) in [6.45, 7) is 5.98. The molecule has 1 rings (SSSR count). The first-order chi connectivity index (χ1) is 7.68. The minimum absolute atomic E-state index is 0.404. The molecule has 0 bridgehead atoms. The molecule has 0 aliphatic rings. The summed E-state index contributed by atoms with van der Waals surface area (Å²) >= 11 is 0. The number of hydrogen-bond acceptors (Lipinski definition) is 2. The predicted molar refractivity (Wildman–Crippen MR) is 67.4 cm³/mol. The Morgan fingerprint density at radius 3 is 2.62 bits per heavy atom. The Labute approximate surface area is 97.3 Å². The summed E-state index contributed by atoms with van der Waals surface area (Å²) in [7, 11) is 0. The first-order valence-electron chi connectivity index (χ1n) is 5.59. The quantitative estimate of drug-likeness (QED) is 0.590. The summed E-state index contributed by atoms with van der Waals surface area (Å²) in [5.41, 5.74) is 6.86. The molecular formula is C13H20N2O. The first kappa shape index (κ1) is 12.7. The van der Waals surface area contributed by atoms with Gasteiger partial charge in [-0.1, -0.05) is 44.2 Å². The molecule has 0 amide bonds. The van der Waals surface area contributed by atoms with Crippen LogP contribution in [0.2, 0.25) is 0 Å². The number of nitrogens with zero attached hydrogens (tertiary/aromatic N) is 1. The molecular weight excluding hydrogens is 200 g/mol. The summed E-state index contributed by atoms with van der Waals surface area (Å²) in [6, 6.07) is 10.0. The third-order valence-electron chi connectivity index (χ3n) is 2.02. The van der Waals surface area contributed by atoms with Gasteiger partial charge in [0.15, 0.2) is 0 Å². The van der Waals surface area contributed by atoms with Crippen LogP contribution in [0.15, 0.2) is 35.3 Å². The van der Waals surface area contributed by atoms with E-state index in [4.69, 9.17) is 10.5 Å². The zero-order valence-corrected chi connectivity index (χ0v) is 10.0. The molecule has 2 N–H and O–H groups in total. The van der Waals surface area contributed by atoms with Gasteiger partial charge in [-0.15, -0.1) is 0 Å². The zero-order chi connectivity index (χ0) is 11.8. The van der Waals surface area contributed by atoms with Gasteiger partial charge in [-0.05, 0) is 11.5 Å². The normalized spacial score (nSPS) is 12.1. The fraction of sp³-hybridized carbons (Fsp3) is 0.462. The van der Waals surface area contributed by atoms with Crippen molar-refractivity contribution < 1.29 is 4.74 Å². The van der Waals surface area contributed by atoms with E-state index in [1.807, 2.05) is 30.3 Å². The SMILES string of the molecule is CC(C)CN=C(N)COCc1ccccc1. The smallest absolute Gasteiger partial charge is 0.120 e. The minimum Gasteiger partial charge on any atom is -0.386 e. The van der Waals surface area contributed by atoms with Crippen LogP contribution in [0.1, 0.15) is 19.4 Å². The number of benzene rings is 1. The maximum Gasteiger partial charge on any atom is 0.120 e. The van der Waals surface area contributed by atoms with E-state index in [9.17, 15) is 0 Å². The molecule has 3 nitrogen and oxygen atoms in total. The van der Waals surface area contributed by atoms with Crippen molar-refractivity contribution in [2.45, 2.75) is 20.5 Å². The molecule has 16 heavy (non-hydrogen) atoms. The van der Waals surface area contributed by atoms with Gasteiger partial charge in [-0.2, -0.15) is 0 Å². The van der Waals surface area contributed by atoms with Crippen LogP contribution < -0.4 is 5.73 Å². The van der Waals surface area contributed by atoms with Crippen LogP contribution in [0.4, 0.5) is 0 Å². The number of nitrogens with two attached hydrogens (primary N) is 1. The average Bonchev–Trinajstić information content (AvgIpc) is 2.28. The Bertz CT molecular complexity index is 320. The van der Waals surface area contributed by atoms with Crippen molar-refractivity contribution in [2.24, 2.45) is 16.6 Å². The van der Waals surface area contributed by atoms with Gasteiger partial charge in [0.2, 0.25) is 0 Å². The van der Waals surface area contributed by atoms with Gasteiger partial charge < -0.3 is 10.5 Å². The van der Waals surface area contributed by atoms with E-state index in [0.29, 0.717) is 25.0 Å². The maximum absolute atomic E-state index is 5.71. The molecule has 0 radical (unpaired) electrons. The topological polar surface area (TPSA) is 47.6 Å². The largest absolute Gasteiger partial charge is 0.386 e. The van der Waals surface area contributed by atoms with E-state index in [0.717, 1.165) is 12.1 Å². The lowest BCUT2D eigenvalue weighted by molar-refractivity contribution is 0.157. The van der Waals surface area contributed by atoms with Crippen LogP contribution >= 0.6 is 0 Å². The fourth-order valence-electron chi connectivity index (χ4n) is 1.19. The van der Waals surface area contributed by atoms with Crippen LogP contribution in [-0.4, -0.2) is 19.0 Å². The Morgan fingerprint density at radius 1 is 1.31 bits per heavy atom. The van der Waals surface area contributed by atoms with Crippen LogP contribution in [0.5, 0.6) is 0 Å². The molecule has 1 aromatic rings. The van der Waals surface area contributed by atoms with E-state index >= 15 is 0 Å². The summed E-state index contributed by atoms with van der Waals surface area (Å²) in [6.07, 6.45) is 0. The predicted octanol–water partition coefficient (Wildman–Crippen LogP) is 2.22. The Hall–Kier alpha value is -1.35. The number of aliphatic imine (C=N–C) groups is 1. The molecule has 0 aliphatic carbocycles. The molecule has 0 heterocycles. The first-order valence-corrected chi connectivity index (χ1v) is 5.59. The molecule has 0 spiro atoms. The number of hydrogen-bond donors (Lipinski definition) is 1. The molecule has 3 heteroatoms. The van der Waals surface area contributed by atoms with Crippen molar-refractivity contribution in [1.82, 2.24) is 0 Å². The average molecular weight is 220 g/mol. The second-order valence-corrected chi connectivity index (χ2v) is 4.20. The lowest BCUT2D eigenvalue weighted by atomic mass is 10.2. The summed E-state index contributed by atoms with van der Waals surface area (Å²) in [4.78, 5) is 4.22. The van der Waals surface area contributed by atoms with Gasteiger partial charge in [0, 0.05) is 6.54 Å². The van der Waals surface area contributed by atoms with E-state index in [1.165, 1.54) is 0 Å². The second-order valence-electron chi connectivity index (χ2n) is 4.20. The van der Waals surface area contributed by atoms with Crippen molar-refractivity contribution in [3.05, 3.63) is 35.9 Å². The highest BCUT2D eigenvalue weighted by Crippen LogP contribution is 2.00. The van der Waals surface area contributed by atoms with Gasteiger partial charge >= 0.3 is 0 Å². The van der Waals surface area contributed by atoms with Crippen molar-refractivity contribution in [2.75, 3.05) is 13.2 Å². The minimum atomic E-state index is 0.404.